The molecular weight excluding hydrogens is 192 g/mol. The number of nitrogens with two attached hydrogens (primary N) is 1. The van der Waals surface area contributed by atoms with Gasteiger partial charge < -0.3 is 20.4 Å². The molecule has 1 fully saturated rings. The molecule has 0 saturated carbocycles. The van der Waals surface area contributed by atoms with Gasteiger partial charge in [-0.3, -0.25) is 0 Å². The molecule has 1 aliphatic heterocycles. The van der Waals surface area contributed by atoms with Crippen LogP contribution in [0.5, 0.6) is 0 Å². The summed E-state index contributed by atoms with van der Waals surface area (Å²) in [6.45, 7) is 5.30. The van der Waals surface area contributed by atoms with Gasteiger partial charge in [0.15, 0.2) is 0 Å². The molecule has 15 heavy (non-hydrogen) atoms. The summed E-state index contributed by atoms with van der Waals surface area (Å²) in [5.41, 5.74) is 5.52. The lowest BCUT2D eigenvalue weighted by molar-refractivity contribution is 0.172. The number of amides is 2. The maximum absolute atomic E-state index is 11.7. The molecule has 0 bridgehead atoms. The number of nitrogens with zero attached hydrogens (tertiary/aromatic N) is 3. The molecule has 0 radical (unpaired) electrons. The first-order valence-electron chi connectivity index (χ1n) is 5.54. The SMILES string of the molecule is CN(C)C(=O)N1CCCN(CCN)CC1. The van der Waals surface area contributed by atoms with Crippen molar-refractivity contribution < 1.29 is 4.79 Å². The van der Waals surface area contributed by atoms with E-state index >= 15 is 0 Å². The summed E-state index contributed by atoms with van der Waals surface area (Å²) in [5.74, 6) is 0. The van der Waals surface area contributed by atoms with E-state index < -0.39 is 0 Å². The summed E-state index contributed by atoms with van der Waals surface area (Å²) in [7, 11) is 3.59. The quantitative estimate of drug-likeness (QED) is 0.682. The fourth-order valence-electron chi connectivity index (χ4n) is 1.85. The molecule has 1 heterocycles. The fourth-order valence-corrected chi connectivity index (χ4v) is 1.85. The number of urea groups is 1. The molecule has 0 aromatic rings. The molecule has 0 unspecified atom stereocenters. The Kier molecular flexibility index (Phi) is 4.84. The Labute approximate surface area is 91.8 Å². The number of carbonyl (C=O) groups excluding carboxylic acids is 1. The summed E-state index contributed by atoms with van der Waals surface area (Å²) in [4.78, 5) is 17.6. The van der Waals surface area contributed by atoms with Gasteiger partial charge >= 0.3 is 6.03 Å². The first kappa shape index (κ1) is 12.3. The van der Waals surface area contributed by atoms with Crippen molar-refractivity contribution in [1.29, 1.82) is 0 Å². The maximum atomic E-state index is 11.7. The number of hydrogen-bond donors (Lipinski definition) is 1. The summed E-state index contributed by atoms with van der Waals surface area (Å²) in [6, 6.07) is 0.115. The zero-order chi connectivity index (χ0) is 11.3. The van der Waals surface area contributed by atoms with Gasteiger partial charge in [0.2, 0.25) is 0 Å². The van der Waals surface area contributed by atoms with Crippen molar-refractivity contribution in [2.75, 3.05) is 53.4 Å². The molecule has 1 aliphatic rings. The van der Waals surface area contributed by atoms with Gasteiger partial charge in [-0.05, 0) is 13.0 Å². The average molecular weight is 214 g/mol. The Morgan fingerprint density at radius 3 is 2.60 bits per heavy atom. The van der Waals surface area contributed by atoms with Crippen LogP contribution in [-0.4, -0.2) is 74.1 Å². The van der Waals surface area contributed by atoms with Gasteiger partial charge in [0.25, 0.3) is 0 Å². The minimum atomic E-state index is 0.115. The Hall–Kier alpha value is -0.810. The average Bonchev–Trinajstić information content (AvgIpc) is 2.43. The van der Waals surface area contributed by atoms with Crippen molar-refractivity contribution in [3.8, 4) is 0 Å². The van der Waals surface area contributed by atoms with E-state index in [9.17, 15) is 4.79 Å². The second-order valence-corrected chi connectivity index (χ2v) is 4.15. The van der Waals surface area contributed by atoms with Gasteiger partial charge in [-0.15, -0.1) is 0 Å². The van der Waals surface area contributed by atoms with Crippen LogP contribution in [0.2, 0.25) is 0 Å². The van der Waals surface area contributed by atoms with Crippen LogP contribution in [-0.2, 0) is 0 Å². The highest BCUT2D eigenvalue weighted by Gasteiger charge is 2.19. The van der Waals surface area contributed by atoms with Crippen LogP contribution in [0.4, 0.5) is 4.79 Å². The molecule has 5 heteroatoms. The monoisotopic (exact) mass is 214 g/mol. The first-order chi connectivity index (χ1) is 7.15. The van der Waals surface area contributed by atoms with Crippen molar-refractivity contribution in [2.24, 2.45) is 5.73 Å². The fraction of sp³-hybridized carbons (Fsp3) is 0.900. The zero-order valence-electron chi connectivity index (χ0n) is 9.78. The third kappa shape index (κ3) is 3.68. The molecule has 0 atom stereocenters. The molecule has 88 valence electrons. The van der Waals surface area contributed by atoms with Gasteiger partial charge in [-0.25, -0.2) is 4.79 Å². The zero-order valence-corrected chi connectivity index (χ0v) is 9.78. The number of rotatable bonds is 2. The van der Waals surface area contributed by atoms with Crippen LogP contribution in [0.25, 0.3) is 0 Å². The largest absolute Gasteiger partial charge is 0.331 e. The topological polar surface area (TPSA) is 52.8 Å². The third-order valence-electron chi connectivity index (χ3n) is 2.69. The second kappa shape index (κ2) is 5.92. The van der Waals surface area contributed by atoms with Crippen LogP contribution < -0.4 is 5.73 Å². The van der Waals surface area contributed by atoms with E-state index in [0.29, 0.717) is 6.54 Å². The molecule has 2 amide bonds. The lowest BCUT2D eigenvalue weighted by Crippen LogP contribution is -2.41. The van der Waals surface area contributed by atoms with E-state index in [1.54, 1.807) is 19.0 Å². The molecular formula is C10H22N4O. The molecule has 0 aromatic heterocycles. The van der Waals surface area contributed by atoms with E-state index in [-0.39, 0.29) is 6.03 Å². The van der Waals surface area contributed by atoms with E-state index in [1.807, 2.05) is 4.90 Å². The van der Waals surface area contributed by atoms with E-state index in [0.717, 1.165) is 39.1 Å². The van der Waals surface area contributed by atoms with Gasteiger partial charge in [0.05, 0.1) is 0 Å². The lowest BCUT2D eigenvalue weighted by atomic mass is 10.4. The third-order valence-corrected chi connectivity index (χ3v) is 2.69. The predicted molar refractivity (Wildman–Crippen MR) is 60.8 cm³/mol. The second-order valence-electron chi connectivity index (χ2n) is 4.15. The molecule has 1 rings (SSSR count). The smallest absolute Gasteiger partial charge is 0.319 e. The van der Waals surface area contributed by atoms with Crippen molar-refractivity contribution in [2.45, 2.75) is 6.42 Å². The Morgan fingerprint density at radius 2 is 2.00 bits per heavy atom. The van der Waals surface area contributed by atoms with Crippen LogP contribution in [0.15, 0.2) is 0 Å². The summed E-state index contributed by atoms with van der Waals surface area (Å²) in [6.07, 6.45) is 1.04. The van der Waals surface area contributed by atoms with Gasteiger partial charge in [-0.1, -0.05) is 0 Å². The molecule has 2 N–H and O–H groups in total. The minimum Gasteiger partial charge on any atom is -0.331 e. The standard InChI is InChI=1S/C10H22N4O/c1-12(2)10(15)14-6-3-5-13(7-4-11)8-9-14/h3-9,11H2,1-2H3. The molecule has 1 saturated heterocycles. The van der Waals surface area contributed by atoms with E-state index in [2.05, 4.69) is 4.90 Å². The van der Waals surface area contributed by atoms with Gasteiger partial charge in [0.1, 0.15) is 0 Å². The van der Waals surface area contributed by atoms with Crippen LogP contribution in [0, 0.1) is 0 Å². The Bertz CT molecular complexity index is 208. The molecule has 0 aliphatic carbocycles. The Morgan fingerprint density at radius 1 is 1.27 bits per heavy atom. The summed E-state index contributed by atoms with van der Waals surface area (Å²) < 4.78 is 0. The summed E-state index contributed by atoms with van der Waals surface area (Å²) in [5, 5.41) is 0. The maximum Gasteiger partial charge on any atom is 0.319 e. The van der Waals surface area contributed by atoms with Crippen LogP contribution in [0.3, 0.4) is 0 Å². The number of carbonyl (C=O) groups is 1. The minimum absolute atomic E-state index is 0.115. The Balaban J connectivity index is 2.42. The van der Waals surface area contributed by atoms with Crippen LogP contribution in [0.1, 0.15) is 6.42 Å². The van der Waals surface area contributed by atoms with Crippen molar-refractivity contribution in [3.63, 3.8) is 0 Å². The first-order valence-corrected chi connectivity index (χ1v) is 5.54. The lowest BCUT2D eigenvalue weighted by Gasteiger charge is -2.24. The molecule has 0 aromatic carbocycles. The molecule has 5 nitrogen and oxygen atoms in total. The summed E-state index contributed by atoms with van der Waals surface area (Å²) >= 11 is 0. The van der Waals surface area contributed by atoms with Crippen molar-refractivity contribution in [3.05, 3.63) is 0 Å². The molecule has 0 spiro atoms. The highest BCUT2D eigenvalue weighted by atomic mass is 16.2. The van der Waals surface area contributed by atoms with Crippen molar-refractivity contribution in [1.82, 2.24) is 14.7 Å². The van der Waals surface area contributed by atoms with Crippen LogP contribution >= 0.6 is 0 Å². The van der Waals surface area contributed by atoms with E-state index in [1.165, 1.54) is 0 Å². The predicted octanol–water partition coefficient (Wildman–Crippen LogP) is -0.366. The number of hydrogen-bond acceptors (Lipinski definition) is 3. The van der Waals surface area contributed by atoms with Gasteiger partial charge in [-0.2, -0.15) is 0 Å². The normalized spacial score (nSPS) is 18.7. The highest BCUT2D eigenvalue weighted by Crippen LogP contribution is 2.04. The van der Waals surface area contributed by atoms with Crippen molar-refractivity contribution >= 4 is 6.03 Å². The highest BCUT2D eigenvalue weighted by molar-refractivity contribution is 5.73. The van der Waals surface area contributed by atoms with E-state index in [4.69, 9.17) is 5.73 Å². The van der Waals surface area contributed by atoms with Gasteiger partial charge in [0, 0.05) is 46.8 Å².